The summed E-state index contributed by atoms with van der Waals surface area (Å²) >= 11 is 0. The van der Waals surface area contributed by atoms with Gasteiger partial charge in [-0.1, -0.05) is 47.0 Å². The normalized spacial score (nSPS) is 25.4. The average Bonchev–Trinajstić information content (AvgIpc) is 2.65. The van der Waals surface area contributed by atoms with Gasteiger partial charge in [-0.2, -0.15) is 0 Å². The minimum Gasteiger partial charge on any atom is -0.323 e. The van der Waals surface area contributed by atoms with Gasteiger partial charge < -0.3 is 4.90 Å². The lowest BCUT2D eigenvalue weighted by Crippen LogP contribution is -2.43. The zero-order chi connectivity index (χ0) is 14.4. The van der Waals surface area contributed by atoms with Crippen LogP contribution in [0.1, 0.15) is 73.1 Å². The molecule has 3 atom stereocenters. The minimum absolute atomic E-state index is 0.0455. The fourth-order valence-electron chi connectivity index (χ4n) is 2.99. The second kappa shape index (κ2) is 7.88. The minimum atomic E-state index is 0.0455. The largest absolute Gasteiger partial charge is 0.323 e. The van der Waals surface area contributed by atoms with E-state index in [-0.39, 0.29) is 12.2 Å². The summed E-state index contributed by atoms with van der Waals surface area (Å²) in [5.74, 6) is 1.08. The van der Waals surface area contributed by atoms with Crippen molar-refractivity contribution in [3.8, 4) is 0 Å². The van der Waals surface area contributed by atoms with Crippen molar-refractivity contribution in [1.29, 1.82) is 0 Å². The Morgan fingerprint density at radius 2 is 1.89 bits per heavy atom. The van der Waals surface area contributed by atoms with Gasteiger partial charge in [-0.15, -0.1) is 0 Å². The van der Waals surface area contributed by atoms with Crippen molar-refractivity contribution in [2.75, 3.05) is 0 Å². The van der Waals surface area contributed by atoms with Gasteiger partial charge in [-0.05, 0) is 32.1 Å². The van der Waals surface area contributed by atoms with Crippen molar-refractivity contribution in [2.45, 2.75) is 91.4 Å². The molecule has 3 unspecified atom stereocenters. The zero-order valence-electron chi connectivity index (χ0n) is 13.4. The number of hydrogen-bond acceptors (Lipinski definition) is 2. The first kappa shape index (κ1) is 16.5. The van der Waals surface area contributed by atoms with Crippen LogP contribution in [0.5, 0.6) is 0 Å². The highest BCUT2D eigenvalue weighted by Crippen LogP contribution is 2.23. The Hall–Kier alpha value is -0.570. The first-order chi connectivity index (χ1) is 9.01. The van der Waals surface area contributed by atoms with Crippen LogP contribution in [0.25, 0.3) is 0 Å². The van der Waals surface area contributed by atoms with Crippen LogP contribution < -0.4 is 5.32 Å². The van der Waals surface area contributed by atoms with Gasteiger partial charge in [-0.25, -0.2) is 0 Å². The van der Waals surface area contributed by atoms with Gasteiger partial charge in [0, 0.05) is 6.04 Å². The van der Waals surface area contributed by atoms with Gasteiger partial charge in [0.15, 0.2) is 0 Å². The highest BCUT2D eigenvalue weighted by Gasteiger charge is 2.39. The predicted molar refractivity (Wildman–Crippen MR) is 80.9 cm³/mol. The first-order valence-corrected chi connectivity index (χ1v) is 8.09. The Bertz CT molecular complexity index is 278. The third-order valence-corrected chi connectivity index (χ3v) is 4.13. The molecule has 1 aliphatic heterocycles. The molecule has 1 rings (SSSR count). The van der Waals surface area contributed by atoms with Gasteiger partial charge in [0.25, 0.3) is 0 Å². The van der Waals surface area contributed by atoms with E-state index in [1.54, 1.807) is 0 Å². The van der Waals surface area contributed by atoms with Crippen LogP contribution in [0.3, 0.4) is 0 Å². The van der Waals surface area contributed by atoms with E-state index in [9.17, 15) is 4.79 Å². The van der Waals surface area contributed by atoms with Crippen molar-refractivity contribution >= 4 is 5.91 Å². The molecule has 1 N–H and O–H groups in total. The monoisotopic (exact) mass is 268 g/mol. The molecule has 0 aromatic heterocycles. The number of carbonyl (C=O) groups excluding carboxylic acids is 1. The fourth-order valence-corrected chi connectivity index (χ4v) is 2.99. The Labute approximate surface area is 119 Å². The standard InChI is InChI=1S/C16H32N2O/c1-6-9-15-17-14(7-2)16(19)18(15)13(5)11-8-10-12(3)4/h12-15,17H,6-11H2,1-5H3. The molecule has 0 saturated carbocycles. The van der Waals surface area contributed by atoms with Gasteiger partial charge in [0.2, 0.25) is 5.91 Å². The summed E-state index contributed by atoms with van der Waals surface area (Å²) in [6, 6.07) is 0.413. The maximum absolute atomic E-state index is 12.4. The first-order valence-electron chi connectivity index (χ1n) is 8.09. The molecule has 1 aliphatic rings. The van der Waals surface area contributed by atoms with Crippen LogP contribution in [0, 0.1) is 5.92 Å². The summed E-state index contributed by atoms with van der Waals surface area (Å²) in [7, 11) is 0. The molecule has 1 heterocycles. The predicted octanol–water partition coefficient (Wildman–Crippen LogP) is 3.54. The molecule has 3 heteroatoms. The Morgan fingerprint density at radius 3 is 2.42 bits per heavy atom. The molecule has 0 spiro atoms. The number of nitrogens with one attached hydrogen (secondary N) is 1. The second-order valence-electron chi connectivity index (χ2n) is 6.35. The number of hydrogen-bond donors (Lipinski definition) is 1. The lowest BCUT2D eigenvalue weighted by Gasteiger charge is -2.30. The van der Waals surface area contributed by atoms with Gasteiger partial charge in [-0.3, -0.25) is 10.1 Å². The second-order valence-corrected chi connectivity index (χ2v) is 6.35. The van der Waals surface area contributed by atoms with E-state index in [2.05, 4.69) is 44.8 Å². The summed E-state index contributed by atoms with van der Waals surface area (Å²) in [4.78, 5) is 14.5. The van der Waals surface area contributed by atoms with Crippen LogP contribution >= 0.6 is 0 Å². The molecule has 1 saturated heterocycles. The molecule has 0 aromatic rings. The van der Waals surface area contributed by atoms with E-state index in [0.717, 1.165) is 31.6 Å². The number of rotatable bonds is 8. The van der Waals surface area contributed by atoms with Crippen LogP contribution in [-0.2, 0) is 4.79 Å². The van der Waals surface area contributed by atoms with Crippen LogP contribution in [0.4, 0.5) is 0 Å². The lowest BCUT2D eigenvalue weighted by atomic mass is 10.0. The quantitative estimate of drug-likeness (QED) is 0.730. The zero-order valence-corrected chi connectivity index (χ0v) is 13.4. The SMILES string of the molecule is CCCC1NC(CC)C(=O)N1C(C)CCCC(C)C. The van der Waals surface area contributed by atoms with Gasteiger partial charge in [0.1, 0.15) is 0 Å². The maximum Gasteiger partial charge on any atom is 0.241 e. The van der Waals surface area contributed by atoms with E-state index < -0.39 is 0 Å². The van der Waals surface area contributed by atoms with Crippen molar-refractivity contribution in [2.24, 2.45) is 5.92 Å². The van der Waals surface area contributed by atoms with Crippen LogP contribution in [0.2, 0.25) is 0 Å². The molecule has 3 nitrogen and oxygen atoms in total. The van der Waals surface area contributed by atoms with Crippen molar-refractivity contribution in [3.63, 3.8) is 0 Å². The van der Waals surface area contributed by atoms with Crippen molar-refractivity contribution < 1.29 is 4.79 Å². The van der Waals surface area contributed by atoms with E-state index in [0.29, 0.717) is 11.9 Å². The third kappa shape index (κ3) is 4.48. The topological polar surface area (TPSA) is 32.3 Å². The van der Waals surface area contributed by atoms with Crippen molar-refractivity contribution in [3.05, 3.63) is 0 Å². The number of carbonyl (C=O) groups is 1. The molecular weight excluding hydrogens is 236 g/mol. The molecule has 0 aliphatic carbocycles. The smallest absolute Gasteiger partial charge is 0.241 e. The third-order valence-electron chi connectivity index (χ3n) is 4.13. The summed E-state index contributed by atoms with van der Waals surface area (Å²) < 4.78 is 0. The molecule has 19 heavy (non-hydrogen) atoms. The Balaban J connectivity index is 2.57. The summed E-state index contributed by atoms with van der Waals surface area (Å²) in [6.45, 7) is 11.0. The maximum atomic E-state index is 12.4. The Morgan fingerprint density at radius 1 is 1.21 bits per heavy atom. The molecule has 1 fully saturated rings. The molecule has 112 valence electrons. The fraction of sp³-hybridized carbons (Fsp3) is 0.938. The average molecular weight is 268 g/mol. The molecular formula is C16H32N2O. The molecule has 0 aromatic carbocycles. The number of amides is 1. The summed E-state index contributed by atoms with van der Waals surface area (Å²) in [5.41, 5.74) is 0. The number of nitrogens with zero attached hydrogens (tertiary/aromatic N) is 1. The van der Waals surface area contributed by atoms with E-state index in [1.807, 2.05) is 0 Å². The van der Waals surface area contributed by atoms with Crippen LogP contribution in [-0.4, -0.2) is 29.1 Å². The van der Waals surface area contributed by atoms with Crippen LogP contribution in [0.15, 0.2) is 0 Å². The molecule has 1 amide bonds. The van der Waals surface area contributed by atoms with Gasteiger partial charge >= 0.3 is 0 Å². The Kier molecular flexibility index (Phi) is 6.84. The summed E-state index contributed by atoms with van der Waals surface area (Å²) in [6.07, 6.45) is 6.95. The van der Waals surface area contributed by atoms with E-state index in [1.165, 1.54) is 12.8 Å². The van der Waals surface area contributed by atoms with E-state index in [4.69, 9.17) is 0 Å². The molecule has 0 bridgehead atoms. The highest BCUT2D eigenvalue weighted by atomic mass is 16.2. The highest BCUT2D eigenvalue weighted by molar-refractivity contribution is 5.84. The van der Waals surface area contributed by atoms with E-state index >= 15 is 0 Å². The lowest BCUT2D eigenvalue weighted by molar-refractivity contribution is -0.132. The van der Waals surface area contributed by atoms with Gasteiger partial charge in [0.05, 0.1) is 12.2 Å². The van der Waals surface area contributed by atoms with Crippen molar-refractivity contribution in [1.82, 2.24) is 10.2 Å². The summed E-state index contributed by atoms with van der Waals surface area (Å²) in [5, 5.41) is 3.50. The molecule has 0 radical (unpaired) electrons.